The van der Waals surface area contributed by atoms with Gasteiger partial charge in [0.1, 0.15) is 5.75 Å². The Balaban J connectivity index is 2.12. The lowest BCUT2D eigenvalue weighted by Gasteiger charge is -2.16. The molecule has 1 atom stereocenters. The monoisotopic (exact) mass is 416 g/mol. The Bertz CT molecular complexity index is 896. The van der Waals surface area contributed by atoms with Crippen molar-refractivity contribution in [2.45, 2.75) is 17.9 Å². The minimum atomic E-state index is -3.59. The highest BCUT2D eigenvalue weighted by Gasteiger charge is 2.19. The Morgan fingerprint density at radius 2 is 1.73 bits per heavy atom. The number of hydrogen-bond acceptors (Lipinski definition) is 4. The lowest BCUT2D eigenvalue weighted by Crippen LogP contribution is -2.30. The van der Waals surface area contributed by atoms with Gasteiger partial charge in [0.2, 0.25) is 10.0 Å². The van der Waals surface area contributed by atoms with E-state index in [1.165, 1.54) is 26.2 Å². The Hall–Kier alpha value is -1.80. The van der Waals surface area contributed by atoms with Crippen LogP contribution in [0.25, 0.3) is 0 Å². The second kappa shape index (κ2) is 8.26. The number of carbonyl (C=O) groups is 1. The van der Waals surface area contributed by atoms with E-state index in [0.29, 0.717) is 21.5 Å². The highest BCUT2D eigenvalue weighted by atomic mass is 35.5. The molecule has 0 saturated carbocycles. The van der Waals surface area contributed by atoms with E-state index < -0.39 is 22.0 Å². The van der Waals surface area contributed by atoms with Gasteiger partial charge >= 0.3 is 0 Å². The first-order valence-corrected chi connectivity index (χ1v) is 9.75. The van der Waals surface area contributed by atoms with Crippen molar-refractivity contribution < 1.29 is 17.9 Å². The van der Waals surface area contributed by atoms with Crippen molar-refractivity contribution in [3.05, 3.63) is 52.5 Å². The van der Waals surface area contributed by atoms with Crippen LogP contribution in [0.1, 0.15) is 6.92 Å². The fourth-order valence-electron chi connectivity index (χ4n) is 2.04. The van der Waals surface area contributed by atoms with Crippen molar-refractivity contribution in [1.82, 2.24) is 4.31 Å². The molecular weight excluding hydrogens is 399 g/mol. The van der Waals surface area contributed by atoms with Crippen molar-refractivity contribution in [2.75, 3.05) is 19.4 Å². The zero-order chi connectivity index (χ0) is 19.5. The van der Waals surface area contributed by atoms with Crippen molar-refractivity contribution in [1.29, 1.82) is 0 Å². The van der Waals surface area contributed by atoms with Crippen molar-refractivity contribution in [3.8, 4) is 5.75 Å². The maximum absolute atomic E-state index is 12.3. The van der Waals surface area contributed by atoms with Gasteiger partial charge in [0.15, 0.2) is 6.10 Å². The van der Waals surface area contributed by atoms with E-state index in [9.17, 15) is 13.2 Å². The zero-order valence-electron chi connectivity index (χ0n) is 14.4. The summed E-state index contributed by atoms with van der Waals surface area (Å²) in [7, 11) is -0.718. The summed E-state index contributed by atoms with van der Waals surface area (Å²) >= 11 is 11.8. The number of hydrogen-bond donors (Lipinski definition) is 1. The van der Waals surface area contributed by atoms with E-state index in [-0.39, 0.29) is 4.90 Å². The smallest absolute Gasteiger partial charge is 0.265 e. The Kier molecular flexibility index (Phi) is 6.52. The number of anilines is 1. The van der Waals surface area contributed by atoms with E-state index in [2.05, 4.69) is 5.32 Å². The molecule has 1 N–H and O–H groups in total. The van der Waals surface area contributed by atoms with Gasteiger partial charge in [-0.2, -0.15) is 0 Å². The summed E-state index contributed by atoms with van der Waals surface area (Å²) < 4.78 is 31.0. The molecule has 0 bridgehead atoms. The van der Waals surface area contributed by atoms with Gasteiger partial charge in [-0.15, -0.1) is 0 Å². The minimum Gasteiger partial charge on any atom is -0.481 e. The summed E-state index contributed by atoms with van der Waals surface area (Å²) in [6.45, 7) is 1.56. The summed E-state index contributed by atoms with van der Waals surface area (Å²) in [4.78, 5) is 12.4. The van der Waals surface area contributed by atoms with E-state index in [0.717, 1.165) is 4.31 Å². The summed E-state index contributed by atoms with van der Waals surface area (Å²) in [5, 5.41) is 3.41. The molecule has 0 radical (unpaired) electrons. The highest BCUT2D eigenvalue weighted by molar-refractivity contribution is 7.89. The number of nitrogens with one attached hydrogen (secondary N) is 1. The zero-order valence-corrected chi connectivity index (χ0v) is 16.7. The Labute approximate surface area is 162 Å². The molecule has 0 aliphatic carbocycles. The number of amides is 1. The van der Waals surface area contributed by atoms with Gasteiger partial charge in [0.25, 0.3) is 5.91 Å². The minimum absolute atomic E-state index is 0.0792. The van der Waals surface area contributed by atoms with Crippen LogP contribution >= 0.6 is 23.2 Å². The summed E-state index contributed by atoms with van der Waals surface area (Å²) in [6.07, 6.45) is -0.848. The van der Waals surface area contributed by atoms with Crippen LogP contribution in [0.15, 0.2) is 47.4 Å². The van der Waals surface area contributed by atoms with Crippen LogP contribution in [0.3, 0.4) is 0 Å². The number of carbonyl (C=O) groups excluding carboxylic acids is 1. The molecular formula is C17H18Cl2N2O4S. The molecule has 1 amide bonds. The molecule has 0 spiro atoms. The molecule has 2 aromatic carbocycles. The summed E-state index contributed by atoms with van der Waals surface area (Å²) in [5.41, 5.74) is 0.345. The predicted molar refractivity (Wildman–Crippen MR) is 102 cm³/mol. The van der Waals surface area contributed by atoms with Crippen LogP contribution in [0.4, 0.5) is 5.69 Å². The Morgan fingerprint density at radius 1 is 1.12 bits per heavy atom. The molecule has 6 nitrogen and oxygen atoms in total. The molecule has 0 saturated heterocycles. The van der Waals surface area contributed by atoms with Gasteiger partial charge in [-0.3, -0.25) is 4.79 Å². The largest absolute Gasteiger partial charge is 0.481 e. The maximum Gasteiger partial charge on any atom is 0.265 e. The quantitative estimate of drug-likeness (QED) is 0.779. The standard InChI is InChI=1S/C17H18Cl2N2O4S/c1-11(25-15-8-12(18)7-13(19)9-15)17(22)20-14-5-4-6-16(10-14)26(23,24)21(2)3/h4-11H,1-3H3,(H,20,22). The molecule has 0 fully saturated rings. The van der Waals surface area contributed by atoms with Crippen LogP contribution in [-0.4, -0.2) is 38.8 Å². The molecule has 0 aliphatic rings. The van der Waals surface area contributed by atoms with Gasteiger partial charge < -0.3 is 10.1 Å². The van der Waals surface area contributed by atoms with Gasteiger partial charge in [-0.1, -0.05) is 29.3 Å². The first kappa shape index (κ1) is 20.5. The van der Waals surface area contributed by atoms with E-state index in [1.54, 1.807) is 37.3 Å². The highest BCUT2D eigenvalue weighted by Crippen LogP contribution is 2.25. The van der Waals surface area contributed by atoms with E-state index in [4.69, 9.17) is 27.9 Å². The van der Waals surface area contributed by atoms with E-state index in [1.807, 2.05) is 0 Å². The van der Waals surface area contributed by atoms with Crippen molar-refractivity contribution in [2.24, 2.45) is 0 Å². The number of rotatable bonds is 6. The average Bonchev–Trinajstić information content (AvgIpc) is 2.53. The summed E-state index contributed by atoms with van der Waals surface area (Å²) in [5.74, 6) is -0.0883. The number of sulfonamides is 1. The number of ether oxygens (including phenoxy) is 1. The lowest BCUT2D eigenvalue weighted by atomic mass is 10.3. The SMILES string of the molecule is CC(Oc1cc(Cl)cc(Cl)c1)C(=O)Nc1cccc(S(=O)(=O)N(C)C)c1. The normalized spacial score (nSPS) is 12.7. The second-order valence-corrected chi connectivity index (χ2v) is 8.69. The van der Waals surface area contributed by atoms with Crippen LogP contribution < -0.4 is 10.1 Å². The molecule has 0 aromatic heterocycles. The topological polar surface area (TPSA) is 75.7 Å². The third-order valence-electron chi connectivity index (χ3n) is 3.40. The van der Waals surface area contributed by atoms with Crippen LogP contribution in [-0.2, 0) is 14.8 Å². The lowest BCUT2D eigenvalue weighted by molar-refractivity contribution is -0.122. The molecule has 140 valence electrons. The van der Waals surface area contributed by atoms with Crippen LogP contribution in [0.2, 0.25) is 10.0 Å². The third-order valence-corrected chi connectivity index (χ3v) is 5.65. The van der Waals surface area contributed by atoms with Gasteiger partial charge in [0, 0.05) is 29.8 Å². The van der Waals surface area contributed by atoms with Crippen LogP contribution in [0.5, 0.6) is 5.75 Å². The number of halogens is 2. The van der Waals surface area contributed by atoms with Gasteiger partial charge in [0.05, 0.1) is 4.90 Å². The fraction of sp³-hybridized carbons (Fsp3) is 0.235. The average molecular weight is 417 g/mol. The molecule has 26 heavy (non-hydrogen) atoms. The maximum atomic E-state index is 12.3. The molecule has 2 aromatic rings. The molecule has 0 heterocycles. The first-order valence-electron chi connectivity index (χ1n) is 7.56. The number of nitrogens with zero attached hydrogens (tertiary/aromatic N) is 1. The molecule has 0 aliphatic heterocycles. The van der Waals surface area contributed by atoms with E-state index >= 15 is 0 Å². The fourth-order valence-corrected chi connectivity index (χ4v) is 3.50. The van der Waals surface area contributed by atoms with Crippen molar-refractivity contribution >= 4 is 44.8 Å². The van der Waals surface area contributed by atoms with Gasteiger partial charge in [-0.05, 0) is 43.3 Å². The predicted octanol–water partition coefficient (Wildman–Crippen LogP) is 3.65. The third kappa shape index (κ3) is 5.11. The Morgan fingerprint density at radius 3 is 2.31 bits per heavy atom. The molecule has 1 unspecified atom stereocenters. The second-order valence-electron chi connectivity index (χ2n) is 5.67. The van der Waals surface area contributed by atoms with Gasteiger partial charge in [-0.25, -0.2) is 12.7 Å². The molecule has 2 rings (SSSR count). The molecule has 9 heteroatoms. The summed E-state index contributed by atoms with van der Waals surface area (Å²) in [6, 6.07) is 10.6. The van der Waals surface area contributed by atoms with Crippen LogP contribution in [0, 0.1) is 0 Å². The van der Waals surface area contributed by atoms with Crippen molar-refractivity contribution in [3.63, 3.8) is 0 Å². The first-order chi connectivity index (χ1) is 12.1. The number of benzene rings is 2.